The van der Waals surface area contributed by atoms with Gasteiger partial charge in [0.25, 0.3) is 5.54 Å². The largest absolute Gasteiger partial charge is 0.488 e. The molecule has 112 valence electrons. The SMILES string of the molecule is CN1C[C@@]2([N+](=O)[O-])CC=C(OCCO)[C@@]([N+](=O)[O-])(C1)C2. The van der Waals surface area contributed by atoms with Crippen LogP contribution in [0.25, 0.3) is 0 Å². The highest BCUT2D eigenvalue weighted by Crippen LogP contribution is 2.44. The third-order valence-corrected chi connectivity index (χ3v) is 3.93. The Labute approximate surface area is 115 Å². The van der Waals surface area contributed by atoms with Crippen molar-refractivity contribution in [1.82, 2.24) is 4.90 Å². The number of hydrogen-bond donors (Lipinski definition) is 1. The van der Waals surface area contributed by atoms with Gasteiger partial charge in [0.05, 0.1) is 26.1 Å². The van der Waals surface area contributed by atoms with Gasteiger partial charge in [-0.15, -0.1) is 0 Å². The number of piperidine rings is 1. The van der Waals surface area contributed by atoms with E-state index in [0.717, 1.165) is 0 Å². The fraction of sp³-hybridized carbons (Fsp3) is 0.818. The predicted octanol–water partition coefficient (Wildman–Crippen LogP) is -0.351. The monoisotopic (exact) mass is 287 g/mol. The van der Waals surface area contributed by atoms with Gasteiger partial charge < -0.3 is 9.84 Å². The average molecular weight is 287 g/mol. The van der Waals surface area contributed by atoms with Crippen LogP contribution in [0, 0.1) is 20.2 Å². The van der Waals surface area contributed by atoms with Crippen molar-refractivity contribution in [1.29, 1.82) is 0 Å². The van der Waals surface area contributed by atoms with Gasteiger partial charge in [-0.3, -0.25) is 25.1 Å². The zero-order valence-electron chi connectivity index (χ0n) is 11.2. The second-order valence-electron chi connectivity index (χ2n) is 5.46. The molecule has 1 heterocycles. The van der Waals surface area contributed by atoms with E-state index in [-0.39, 0.29) is 44.9 Å². The molecule has 0 aromatic carbocycles. The lowest BCUT2D eigenvalue weighted by atomic mass is 9.71. The summed E-state index contributed by atoms with van der Waals surface area (Å²) in [4.78, 5) is 23.6. The minimum Gasteiger partial charge on any atom is -0.488 e. The molecule has 0 radical (unpaired) electrons. The van der Waals surface area contributed by atoms with Gasteiger partial charge in [0.1, 0.15) is 6.61 Å². The number of rotatable bonds is 5. The molecular weight excluding hydrogens is 270 g/mol. The number of aliphatic hydroxyl groups is 1. The fourth-order valence-corrected chi connectivity index (χ4v) is 3.19. The number of hydrogen-bond acceptors (Lipinski definition) is 7. The summed E-state index contributed by atoms with van der Waals surface area (Å²) in [6, 6.07) is 0. The van der Waals surface area contributed by atoms with Gasteiger partial charge in [0.2, 0.25) is 5.54 Å². The third kappa shape index (κ3) is 2.12. The van der Waals surface area contributed by atoms with E-state index in [1.165, 1.54) is 6.08 Å². The average Bonchev–Trinajstić information content (AvgIpc) is 2.37. The summed E-state index contributed by atoms with van der Waals surface area (Å²) in [5.74, 6) is 0.126. The summed E-state index contributed by atoms with van der Waals surface area (Å²) in [5.41, 5.74) is -2.94. The number of likely N-dealkylation sites (tertiary alicyclic amines) is 1. The highest BCUT2D eigenvalue weighted by atomic mass is 16.6. The standard InChI is InChI=1S/C11H17N3O6/c1-12-7-10(13(16)17)3-2-9(20-5-4-15)11(6-10,8-12)14(18)19/h2,15H,3-8H2,1H3/t10-,11+/m1/s1. The molecule has 9 heteroatoms. The van der Waals surface area contributed by atoms with E-state index in [4.69, 9.17) is 9.84 Å². The van der Waals surface area contributed by atoms with E-state index in [9.17, 15) is 20.2 Å². The van der Waals surface area contributed by atoms with E-state index in [1.54, 1.807) is 11.9 Å². The van der Waals surface area contributed by atoms with Gasteiger partial charge in [-0.2, -0.15) is 0 Å². The first-order valence-corrected chi connectivity index (χ1v) is 6.28. The summed E-state index contributed by atoms with van der Waals surface area (Å²) in [6.45, 7) is -0.0792. The maximum atomic E-state index is 11.5. The smallest absolute Gasteiger partial charge is 0.296 e. The minimum atomic E-state index is -1.60. The van der Waals surface area contributed by atoms with Crippen LogP contribution in [0.3, 0.4) is 0 Å². The van der Waals surface area contributed by atoms with E-state index in [0.29, 0.717) is 0 Å². The Hall–Kier alpha value is -1.74. The zero-order chi connectivity index (χ0) is 15.0. The molecule has 1 saturated heterocycles. The number of fused-ring (bicyclic) bond motifs is 2. The van der Waals surface area contributed by atoms with E-state index < -0.39 is 20.9 Å². The van der Waals surface area contributed by atoms with Gasteiger partial charge >= 0.3 is 0 Å². The molecule has 0 aromatic rings. The Morgan fingerprint density at radius 3 is 2.65 bits per heavy atom. The van der Waals surface area contributed by atoms with E-state index in [2.05, 4.69) is 0 Å². The predicted molar refractivity (Wildman–Crippen MR) is 67.3 cm³/mol. The van der Waals surface area contributed by atoms with Crippen molar-refractivity contribution in [2.75, 3.05) is 33.4 Å². The minimum absolute atomic E-state index is 0.0589. The van der Waals surface area contributed by atoms with Crippen LogP contribution in [0.5, 0.6) is 0 Å². The summed E-state index contributed by atoms with van der Waals surface area (Å²) < 4.78 is 5.28. The second-order valence-corrected chi connectivity index (χ2v) is 5.46. The summed E-state index contributed by atoms with van der Waals surface area (Å²) >= 11 is 0. The Bertz CT molecular complexity index is 467. The van der Waals surface area contributed by atoms with Gasteiger partial charge in [0, 0.05) is 16.3 Å². The van der Waals surface area contributed by atoms with Crippen LogP contribution in [-0.4, -0.2) is 64.3 Å². The molecule has 2 aliphatic rings. The number of nitro groups is 2. The maximum Gasteiger partial charge on any atom is 0.296 e. The lowest BCUT2D eigenvalue weighted by molar-refractivity contribution is -0.623. The van der Waals surface area contributed by atoms with Crippen molar-refractivity contribution in [3.8, 4) is 0 Å². The molecule has 0 amide bonds. The van der Waals surface area contributed by atoms with Gasteiger partial charge in [-0.25, -0.2) is 0 Å². The van der Waals surface area contributed by atoms with Crippen LogP contribution >= 0.6 is 0 Å². The molecule has 1 aliphatic heterocycles. The quantitative estimate of drug-likeness (QED) is 0.542. The highest BCUT2D eigenvalue weighted by Gasteiger charge is 2.66. The number of aliphatic hydroxyl groups excluding tert-OH is 1. The van der Waals surface area contributed by atoms with Gasteiger partial charge in [0.15, 0.2) is 5.76 Å². The Balaban J connectivity index is 2.44. The third-order valence-electron chi connectivity index (χ3n) is 3.93. The molecule has 1 aliphatic carbocycles. The molecule has 2 atom stereocenters. The fourth-order valence-electron chi connectivity index (χ4n) is 3.19. The molecule has 1 fully saturated rings. The topological polar surface area (TPSA) is 119 Å². The first-order valence-electron chi connectivity index (χ1n) is 6.28. The molecule has 0 aromatic heterocycles. The molecule has 0 saturated carbocycles. The van der Waals surface area contributed by atoms with Crippen molar-refractivity contribution in [3.63, 3.8) is 0 Å². The summed E-state index contributed by atoms with van der Waals surface area (Å²) in [7, 11) is 1.63. The van der Waals surface area contributed by atoms with Gasteiger partial charge in [-0.1, -0.05) is 0 Å². The first kappa shape index (κ1) is 14.7. The van der Waals surface area contributed by atoms with Crippen LogP contribution in [0.15, 0.2) is 11.8 Å². The van der Waals surface area contributed by atoms with E-state index in [1.807, 2.05) is 0 Å². The van der Waals surface area contributed by atoms with Crippen molar-refractivity contribution >= 4 is 0 Å². The Morgan fingerprint density at radius 2 is 2.10 bits per heavy atom. The molecule has 2 bridgehead atoms. The normalized spacial score (nSPS) is 33.4. The second kappa shape index (κ2) is 4.98. The lowest BCUT2D eigenvalue weighted by Gasteiger charge is -2.44. The Kier molecular flexibility index (Phi) is 3.65. The van der Waals surface area contributed by atoms with Crippen LogP contribution < -0.4 is 0 Å². The number of nitrogens with zero attached hydrogens (tertiary/aromatic N) is 3. The summed E-state index contributed by atoms with van der Waals surface area (Å²) in [5, 5.41) is 31.7. The van der Waals surface area contributed by atoms with Crippen LogP contribution in [0.4, 0.5) is 0 Å². The number of ether oxygens (including phenoxy) is 1. The molecule has 0 spiro atoms. The van der Waals surface area contributed by atoms with Crippen LogP contribution in [-0.2, 0) is 4.74 Å². The van der Waals surface area contributed by atoms with Crippen molar-refractivity contribution in [3.05, 3.63) is 32.1 Å². The molecule has 9 nitrogen and oxygen atoms in total. The van der Waals surface area contributed by atoms with Crippen molar-refractivity contribution in [2.24, 2.45) is 0 Å². The van der Waals surface area contributed by atoms with Crippen molar-refractivity contribution in [2.45, 2.75) is 23.9 Å². The van der Waals surface area contributed by atoms with Crippen LogP contribution in [0.1, 0.15) is 12.8 Å². The molecule has 1 N–H and O–H groups in total. The van der Waals surface area contributed by atoms with E-state index >= 15 is 0 Å². The highest BCUT2D eigenvalue weighted by molar-refractivity contribution is 5.23. The molecule has 20 heavy (non-hydrogen) atoms. The van der Waals surface area contributed by atoms with Crippen molar-refractivity contribution < 1.29 is 19.7 Å². The Morgan fingerprint density at radius 1 is 1.40 bits per heavy atom. The van der Waals surface area contributed by atoms with Gasteiger partial charge in [-0.05, 0) is 13.1 Å². The molecule has 2 rings (SSSR count). The molecular formula is C11H17N3O6. The molecule has 0 unspecified atom stereocenters. The lowest BCUT2D eigenvalue weighted by Crippen LogP contribution is -2.67. The zero-order valence-corrected chi connectivity index (χ0v) is 11.2. The van der Waals surface area contributed by atoms with Crippen LogP contribution in [0.2, 0.25) is 0 Å². The summed E-state index contributed by atoms with van der Waals surface area (Å²) in [6.07, 6.45) is 1.36. The number of likely N-dealkylation sites (N-methyl/N-ethyl adjacent to an activating group) is 1. The maximum absolute atomic E-state index is 11.5. The first-order chi connectivity index (χ1) is 9.36.